The molecule has 3 aliphatic rings. The molecule has 1 atom stereocenters. The summed E-state index contributed by atoms with van der Waals surface area (Å²) in [6, 6.07) is 14.1. The predicted molar refractivity (Wildman–Crippen MR) is 136 cm³/mol. The number of piperidine rings is 2. The molecule has 3 aliphatic heterocycles. The zero-order valence-electron chi connectivity index (χ0n) is 21.7. The maximum Gasteiger partial charge on any atom is 0.262 e. The molecule has 0 saturated carbocycles. The van der Waals surface area contributed by atoms with Crippen LogP contribution in [0.1, 0.15) is 85.2 Å². The van der Waals surface area contributed by atoms with Crippen LogP contribution in [0.25, 0.3) is 0 Å². The fraction of sp³-hybridized carbons (Fsp3) is 0.448. The number of imide groups is 2. The Morgan fingerprint density at radius 3 is 2.14 bits per heavy atom. The molecule has 3 heterocycles. The van der Waals surface area contributed by atoms with Crippen LogP contribution >= 0.6 is 0 Å². The van der Waals surface area contributed by atoms with Crippen molar-refractivity contribution >= 4 is 23.6 Å². The van der Waals surface area contributed by atoms with E-state index in [4.69, 9.17) is 0 Å². The number of aliphatic hydroxyl groups is 1. The van der Waals surface area contributed by atoms with Gasteiger partial charge in [0, 0.05) is 24.0 Å². The fourth-order valence-electron chi connectivity index (χ4n) is 6.66. The topological polar surface area (TPSA) is 107 Å². The summed E-state index contributed by atoms with van der Waals surface area (Å²) in [5.74, 6) is -2.17. The molecule has 1 unspecified atom stereocenters. The van der Waals surface area contributed by atoms with Crippen LogP contribution < -0.4 is 5.32 Å². The van der Waals surface area contributed by atoms with Crippen molar-refractivity contribution in [2.24, 2.45) is 0 Å². The van der Waals surface area contributed by atoms with E-state index < -0.39 is 35.3 Å². The highest BCUT2D eigenvalue weighted by Gasteiger charge is 2.53. The number of carbonyl (C=O) groups excluding carboxylic acids is 4. The van der Waals surface area contributed by atoms with Gasteiger partial charge in [-0.3, -0.25) is 34.3 Å². The first-order chi connectivity index (χ1) is 17.3. The van der Waals surface area contributed by atoms with Crippen molar-refractivity contribution in [1.29, 1.82) is 0 Å². The Labute approximate surface area is 216 Å². The lowest BCUT2D eigenvalue weighted by atomic mass is 9.68. The Kier molecular flexibility index (Phi) is 5.88. The molecule has 8 nitrogen and oxygen atoms in total. The quantitative estimate of drug-likeness (QED) is 0.621. The van der Waals surface area contributed by atoms with Gasteiger partial charge >= 0.3 is 0 Å². The first-order valence-electron chi connectivity index (χ1n) is 12.7. The number of likely N-dealkylation sites (tertiary alicyclic amines) is 1. The van der Waals surface area contributed by atoms with E-state index in [0.717, 1.165) is 11.4 Å². The number of hydrogen-bond donors (Lipinski definition) is 2. The van der Waals surface area contributed by atoms with Gasteiger partial charge in [-0.25, -0.2) is 0 Å². The van der Waals surface area contributed by atoms with E-state index in [0.29, 0.717) is 18.4 Å². The van der Waals surface area contributed by atoms with Gasteiger partial charge in [-0.1, -0.05) is 36.4 Å². The Hall–Kier alpha value is -3.36. The third-order valence-corrected chi connectivity index (χ3v) is 8.07. The van der Waals surface area contributed by atoms with Crippen molar-refractivity contribution in [3.63, 3.8) is 0 Å². The minimum Gasteiger partial charge on any atom is -0.385 e. The maximum atomic E-state index is 13.3. The van der Waals surface area contributed by atoms with Gasteiger partial charge in [-0.05, 0) is 70.2 Å². The maximum absolute atomic E-state index is 13.3. The number of rotatable bonds is 4. The lowest BCUT2D eigenvalue weighted by Crippen LogP contribution is -2.64. The lowest BCUT2D eigenvalue weighted by molar-refractivity contribution is -0.143. The molecule has 5 rings (SSSR count). The zero-order valence-corrected chi connectivity index (χ0v) is 21.7. The molecule has 4 amide bonds. The molecule has 0 aliphatic carbocycles. The third-order valence-electron chi connectivity index (χ3n) is 8.07. The molecular weight excluding hydrogens is 470 g/mol. The van der Waals surface area contributed by atoms with Crippen LogP contribution in [0.2, 0.25) is 0 Å². The van der Waals surface area contributed by atoms with Crippen molar-refractivity contribution in [3.05, 3.63) is 70.8 Å². The molecule has 0 bridgehead atoms. The van der Waals surface area contributed by atoms with E-state index in [-0.39, 0.29) is 35.0 Å². The third kappa shape index (κ3) is 4.28. The van der Waals surface area contributed by atoms with Crippen LogP contribution in [0.5, 0.6) is 0 Å². The summed E-state index contributed by atoms with van der Waals surface area (Å²) in [6.07, 6.45) is 1.05. The summed E-state index contributed by atoms with van der Waals surface area (Å²) in [5.41, 5.74) is 0.210. The molecule has 37 heavy (non-hydrogen) atoms. The van der Waals surface area contributed by atoms with Gasteiger partial charge in [0.25, 0.3) is 11.8 Å². The number of carbonyl (C=O) groups is 4. The van der Waals surface area contributed by atoms with Crippen molar-refractivity contribution < 1.29 is 24.3 Å². The van der Waals surface area contributed by atoms with Crippen LogP contribution in [-0.4, -0.2) is 55.7 Å². The highest BCUT2D eigenvalue weighted by atomic mass is 16.3. The fourth-order valence-corrected chi connectivity index (χ4v) is 6.66. The summed E-state index contributed by atoms with van der Waals surface area (Å²) in [6.45, 7) is 9.22. The minimum absolute atomic E-state index is 0.0679. The number of fused-ring (bicyclic) bond motifs is 1. The van der Waals surface area contributed by atoms with Crippen LogP contribution in [-0.2, 0) is 21.7 Å². The van der Waals surface area contributed by atoms with Gasteiger partial charge in [0.05, 0.1) is 16.7 Å². The predicted octanol–water partition coefficient (Wildman–Crippen LogP) is 3.13. The summed E-state index contributed by atoms with van der Waals surface area (Å²) >= 11 is 0. The van der Waals surface area contributed by atoms with Crippen LogP contribution in [0.15, 0.2) is 48.5 Å². The first kappa shape index (κ1) is 25.3. The molecule has 2 aromatic carbocycles. The van der Waals surface area contributed by atoms with Gasteiger partial charge in [0.2, 0.25) is 11.8 Å². The number of hydrogen-bond acceptors (Lipinski definition) is 6. The molecule has 0 aromatic heterocycles. The van der Waals surface area contributed by atoms with Gasteiger partial charge in [0.1, 0.15) is 6.04 Å². The average molecular weight is 504 g/mol. The number of nitrogens with zero attached hydrogens (tertiary/aromatic N) is 2. The van der Waals surface area contributed by atoms with Crippen molar-refractivity contribution in [1.82, 2.24) is 15.1 Å². The Balaban J connectivity index is 1.44. The second-order valence-electron chi connectivity index (χ2n) is 11.8. The molecule has 0 spiro atoms. The summed E-state index contributed by atoms with van der Waals surface area (Å²) in [4.78, 5) is 53.7. The number of benzene rings is 2. The SMILES string of the molecule is CC1(C)CC(O)(c2ccc3c(c2)C(=O)N(C2CCC(=O)NC2=O)C3=O)CC(C)(C)N1Cc1ccccc1. The van der Waals surface area contributed by atoms with Crippen molar-refractivity contribution in [2.45, 2.75) is 82.6 Å². The summed E-state index contributed by atoms with van der Waals surface area (Å²) < 4.78 is 0. The van der Waals surface area contributed by atoms with Crippen LogP contribution in [0.4, 0.5) is 0 Å². The Bertz CT molecular complexity index is 1280. The molecule has 2 saturated heterocycles. The summed E-state index contributed by atoms with van der Waals surface area (Å²) in [5, 5.41) is 14.2. The smallest absolute Gasteiger partial charge is 0.262 e. The second kappa shape index (κ2) is 8.60. The highest BCUT2D eigenvalue weighted by Crippen LogP contribution is 2.49. The second-order valence-corrected chi connectivity index (χ2v) is 11.8. The van der Waals surface area contributed by atoms with Gasteiger partial charge < -0.3 is 5.11 Å². The minimum atomic E-state index is -1.22. The van der Waals surface area contributed by atoms with E-state index in [9.17, 15) is 24.3 Å². The molecule has 2 N–H and O–H groups in total. The van der Waals surface area contributed by atoms with Gasteiger partial charge in [-0.15, -0.1) is 0 Å². The lowest BCUT2D eigenvalue weighted by Gasteiger charge is -2.58. The molecule has 0 radical (unpaired) electrons. The zero-order chi connectivity index (χ0) is 26.8. The normalized spacial score (nSPS) is 24.7. The summed E-state index contributed by atoms with van der Waals surface area (Å²) in [7, 11) is 0. The number of amides is 4. The van der Waals surface area contributed by atoms with E-state index in [1.165, 1.54) is 5.56 Å². The number of nitrogens with one attached hydrogen (secondary N) is 1. The van der Waals surface area contributed by atoms with Crippen LogP contribution in [0, 0.1) is 0 Å². The van der Waals surface area contributed by atoms with Gasteiger partial charge in [-0.2, -0.15) is 0 Å². The van der Waals surface area contributed by atoms with Crippen molar-refractivity contribution in [3.8, 4) is 0 Å². The monoisotopic (exact) mass is 503 g/mol. The van der Waals surface area contributed by atoms with E-state index in [2.05, 4.69) is 50.0 Å². The van der Waals surface area contributed by atoms with E-state index in [1.54, 1.807) is 18.2 Å². The standard InChI is InChI=1S/C29H33N3O5/c1-27(2)16-29(37,17-28(3,4)31(27)15-18-8-6-5-7-9-18)19-10-11-20-21(14-19)26(36)32(25(20)35)22-12-13-23(33)30-24(22)34/h5-11,14,22,37H,12-13,15-17H2,1-4H3,(H,30,33,34). The largest absolute Gasteiger partial charge is 0.385 e. The average Bonchev–Trinajstić information content (AvgIpc) is 3.06. The Morgan fingerprint density at radius 2 is 1.51 bits per heavy atom. The molecule has 194 valence electrons. The first-order valence-corrected chi connectivity index (χ1v) is 12.7. The van der Waals surface area contributed by atoms with Crippen molar-refractivity contribution in [2.75, 3.05) is 0 Å². The molecular formula is C29H33N3O5. The van der Waals surface area contributed by atoms with E-state index >= 15 is 0 Å². The van der Waals surface area contributed by atoms with Gasteiger partial charge in [0.15, 0.2) is 0 Å². The highest BCUT2D eigenvalue weighted by molar-refractivity contribution is 6.23. The van der Waals surface area contributed by atoms with E-state index in [1.807, 2.05) is 18.2 Å². The Morgan fingerprint density at radius 1 is 0.892 bits per heavy atom. The molecule has 2 aromatic rings. The van der Waals surface area contributed by atoms with Crippen LogP contribution in [0.3, 0.4) is 0 Å². The molecule has 8 heteroatoms. The molecule has 2 fully saturated rings.